The van der Waals surface area contributed by atoms with Crippen LogP contribution < -0.4 is 5.64 Å². The highest BCUT2D eigenvalue weighted by atomic mass is 16.9. The predicted octanol–water partition coefficient (Wildman–Crippen LogP) is -0.486. The Morgan fingerprint density at radius 2 is 1.63 bits per heavy atom. The first kappa shape index (κ1) is 17.3. The second-order valence-corrected chi connectivity index (χ2v) is 3.05. The van der Waals surface area contributed by atoms with E-state index < -0.39 is 5.97 Å². The van der Waals surface area contributed by atoms with Gasteiger partial charge in [-0.25, -0.2) is 4.79 Å². The van der Waals surface area contributed by atoms with E-state index in [4.69, 9.17) is 20.4 Å². The zero-order chi connectivity index (χ0) is 14.5. The maximum atomic E-state index is 10.3. The molecule has 19 heavy (non-hydrogen) atoms. The van der Waals surface area contributed by atoms with Gasteiger partial charge in [-0.3, -0.25) is 9.68 Å². The van der Waals surface area contributed by atoms with Gasteiger partial charge in [0.25, 0.3) is 0 Å². The molecule has 8 heteroatoms. The lowest BCUT2D eigenvalue weighted by molar-refractivity contribution is -0.178. The minimum atomic E-state index is -1.11. The van der Waals surface area contributed by atoms with Gasteiger partial charge in [-0.05, 0) is 12.1 Å². The zero-order valence-corrected chi connectivity index (χ0v) is 10.2. The number of carbonyl (C=O) groups is 1. The molecule has 0 radical (unpaired) electrons. The molecule has 0 bridgehead atoms. The van der Waals surface area contributed by atoms with E-state index in [1.807, 2.05) is 0 Å². The van der Waals surface area contributed by atoms with Crippen molar-refractivity contribution in [3.05, 3.63) is 29.8 Å². The van der Waals surface area contributed by atoms with Gasteiger partial charge < -0.3 is 20.4 Å². The lowest BCUT2D eigenvalue weighted by Gasteiger charge is -2.01. The Bertz CT molecular complexity index is 353. The average molecular weight is 275 g/mol. The van der Waals surface area contributed by atoms with Crippen molar-refractivity contribution in [2.24, 2.45) is 0 Å². The number of aliphatic hydroxyl groups excluding tert-OH is 2. The van der Waals surface area contributed by atoms with Gasteiger partial charge >= 0.3 is 5.97 Å². The van der Waals surface area contributed by atoms with E-state index in [0.29, 0.717) is 0 Å². The van der Waals surface area contributed by atoms with Gasteiger partial charge in [0.05, 0.1) is 26.4 Å². The highest BCUT2D eigenvalue weighted by molar-refractivity contribution is 5.90. The summed E-state index contributed by atoms with van der Waals surface area (Å²) in [7, 11) is 0. The molecule has 108 valence electrons. The number of hydrogen-bond acceptors (Lipinski definition) is 7. The monoisotopic (exact) mass is 275 g/mol. The van der Waals surface area contributed by atoms with Gasteiger partial charge in [-0.1, -0.05) is 17.8 Å². The maximum absolute atomic E-state index is 10.3. The van der Waals surface area contributed by atoms with Gasteiger partial charge in [-0.2, -0.15) is 0 Å². The number of para-hydroxylation sites is 1. The molecule has 0 aliphatic rings. The fourth-order valence-electron chi connectivity index (χ4n) is 0.871. The van der Waals surface area contributed by atoms with E-state index >= 15 is 0 Å². The van der Waals surface area contributed by atoms with Crippen LogP contribution in [0.2, 0.25) is 0 Å². The minimum absolute atomic E-state index is 0.0600. The Kier molecular flexibility index (Phi) is 10.4. The molecule has 1 rings (SSSR count). The van der Waals surface area contributed by atoms with Crippen LogP contribution in [0.1, 0.15) is 10.4 Å². The van der Waals surface area contributed by atoms with Crippen molar-refractivity contribution in [3.8, 4) is 5.75 Å². The van der Waals surface area contributed by atoms with Crippen molar-refractivity contribution in [3.63, 3.8) is 0 Å². The topological polar surface area (TPSA) is 128 Å². The maximum Gasteiger partial charge on any atom is 0.339 e. The predicted molar refractivity (Wildman–Crippen MR) is 64.3 cm³/mol. The number of carboxylic acid groups (broad SMARTS) is 1. The van der Waals surface area contributed by atoms with Crippen molar-refractivity contribution in [1.29, 1.82) is 0 Å². The molecule has 0 aliphatic carbocycles. The van der Waals surface area contributed by atoms with Crippen LogP contribution in [0.25, 0.3) is 0 Å². The van der Waals surface area contributed by atoms with E-state index in [1.165, 1.54) is 12.1 Å². The number of benzene rings is 1. The number of rotatable bonds is 7. The van der Waals surface area contributed by atoms with Gasteiger partial charge in [0.1, 0.15) is 11.3 Å². The first-order valence-corrected chi connectivity index (χ1v) is 5.35. The van der Waals surface area contributed by atoms with Gasteiger partial charge in [0, 0.05) is 0 Å². The highest BCUT2D eigenvalue weighted by Gasteiger charge is 2.05. The van der Waals surface area contributed by atoms with E-state index in [0.717, 1.165) is 0 Å². The molecule has 0 aromatic heterocycles. The third-order valence-corrected chi connectivity index (χ3v) is 1.64. The van der Waals surface area contributed by atoms with Crippen LogP contribution in [-0.2, 0) is 9.68 Å². The number of aromatic hydroxyl groups is 1. The Labute approximate surface area is 109 Å². The number of aliphatic hydroxyl groups is 2. The summed E-state index contributed by atoms with van der Waals surface area (Å²) in [4.78, 5) is 19.2. The molecule has 0 saturated carbocycles. The molecule has 8 nitrogen and oxygen atoms in total. The number of hydrogen-bond donors (Lipinski definition) is 5. The number of aromatic carboxylic acids is 1. The second kappa shape index (κ2) is 11.4. The summed E-state index contributed by atoms with van der Waals surface area (Å²) < 4.78 is 0. The Balaban J connectivity index is 0.000000344. The Hall–Kier alpha value is -1.71. The lowest BCUT2D eigenvalue weighted by Crippen LogP contribution is -2.19. The molecule has 0 amide bonds. The summed E-state index contributed by atoms with van der Waals surface area (Å²) in [5.41, 5.74) is 2.00. The summed E-state index contributed by atoms with van der Waals surface area (Å²) >= 11 is 0. The standard InChI is InChI=1S/C7H6O3.C4H11NO4/c8-6-4-2-1-3-5(6)7(9)10;6-1-3-8-5-9-4-2-7/h1-4,8H,(H,9,10);5-7H,1-4H2. The molecule has 0 spiro atoms. The van der Waals surface area contributed by atoms with E-state index in [-0.39, 0.29) is 37.7 Å². The quantitative estimate of drug-likeness (QED) is 0.333. The summed E-state index contributed by atoms with van der Waals surface area (Å²) in [5.74, 6) is -1.31. The molecule has 1 aromatic carbocycles. The summed E-state index contributed by atoms with van der Waals surface area (Å²) in [6.45, 7) is 0.224. The first-order chi connectivity index (χ1) is 9.13. The summed E-state index contributed by atoms with van der Waals surface area (Å²) in [5, 5.41) is 33.6. The summed E-state index contributed by atoms with van der Waals surface area (Å²) in [6, 6.07) is 5.81. The third kappa shape index (κ3) is 8.94. The fourth-order valence-corrected chi connectivity index (χ4v) is 0.871. The van der Waals surface area contributed by atoms with Crippen molar-refractivity contribution < 1.29 is 34.9 Å². The molecule has 5 N–H and O–H groups in total. The van der Waals surface area contributed by atoms with Crippen molar-refractivity contribution >= 4 is 5.97 Å². The second-order valence-electron chi connectivity index (χ2n) is 3.05. The molecule has 0 saturated heterocycles. The van der Waals surface area contributed by atoms with Crippen molar-refractivity contribution in [2.75, 3.05) is 26.4 Å². The normalized spacial score (nSPS) is 9.58. The van der Waals surface area contributed by atoms with E-state index in [1.54, 1.807) is 12.1 Å². The SMILES string of the molecule is O=C(O)c1ccccc1O.OCCONOCCO. The molecule has 0 unspecified atom stereocenters. The zero-order valence-electron chi connectivity index (χ0n) is 10.2. The smallest absolute Gasteiger partial charge is 0.339 e. The number of phenols is 1. The van der Waals surface area contributed by atoms with Crippen LogP contribution in [0.3, 0.4) is 0 Å². The van der Waals surface area contributed by atoms with E-state index in [9.17, 15) is 4.79 Å². The number of nitrogens with one attached hydrogen (secondary N) is 1. The molecule has 0 fully saturated rings. The van der Waals surface area contributed by atoms with Crippen LogP contribution in [0.15, 0.2) is 24.3 Å². The molecule has 0 heterocycles. The van der Waals surface area contributed by atoms with Crippen LogP contribution >= 0.6 is 0 Å². The fraction of sp³-hybridized carbons (Fsp3) is 0.364. The molecular formula is C11H17NO7. The largest absolute Gasteiger partial charge is 0.507 e. The van der Waals surface area contributed by atoms with Crippen molar-refractivity contribution in [1.82, 2.24) is 5.64 Å². The molecular weight excluding hydrogens is 258 g/mol. The van der Waals surface area contributed by atoms with Crippen LogP contribution in [0.4, 0.5) is 0 Å². The number of carboxylic acids is 1. The average Bonchev–Trinajstić information content (AvgIpc) is 2.40. The minimum Gasteiger partial charge on any atom is -0.507 e. The van der Waals surface area contributed by atoms with Crippen LogP contribution in [0.5, 0.6) is 5.75 Å². The van der Waals surface area contributed by atoms with E-state index in [2.05, 4.69) is 15.3 Å². The summed E-state index contributed by atoms with van der Waals surface area (Å²) in [6.07, 6.45) is 0. The lowest BCUT2D eigenvalue weighted by atomic mass is 10.2. The van der Waals surface area contributed by atoms with Gasteiger partial charge in [-0.15, -0.1) is 0 Å². The Morgan fingerprint density at radius 3 is 2.00 bits per heavy atom. The Morgan fingerprint density at radius 1 is 1.11 bits per heavy atom. The van der Waals surface area contributed by atoms with Gasteiger partial charge in [0.15, 0.2) is 0 Å². The van der Waals surface area contributed by atoms with Crippen molar-refractivity contribution in [2.45, 2.75) is 0 Å². The molecule has 0 aliphatic heterocycles. The first-order valence-electron chi connectivity index (χ1n) is 5.35. The van der Waals surface area contributed by atoms with Crippen LogP contribution in [0, 0.1) is 0 Å². The molecule has 0 atom stereocenters. The van der Waals surface area contributed by atoms with Crippen LogP contribution in [-0.4, -0.2) is 52.8 Å². The highest BCUT2D eigenvalue weighted by Crippen LogP contribution is 2.14. The van der Waals surface area contributed by atoms with Gasteiger partial charge in [0.2, 0.25) is 0 Å². The molecule has 1 aromatic rings. The third-order valence-electron chi connectivity index (χ3n) is 1.64.